The third-order valence-electron chi connectivity index (χ3n) is 3.13. The predicted molar refractivity (Wildman–Crippen MR) is 52.5 cm³/mol. The van der Waals surface area contributed by atoms with E-state index in [1.165, 1.54) is 18.6 Å². The molecule has 3 heteroatoms. The van der Waals surface area contributed by atoms with Crippen molar-refractivity contribution in [3.8, 4) is 0 Å². The van der Waals surface area contributed by atoms with Crippen molar-refractivity contribution in [2.45, 2.75) is 25.4 Å². The minimum absolute atomic E-state index is 0.0495. The smallest absolute Gasteiger partial charge is 0.0628 e. The molecule has 70 valence electrons. The molecular formula is C9H17NOS. The molecular weight excluding hydrogens is 170 g/mol. The molecule has 0 amide bonds. The van der Waals surface area contributed by atoms with E-state index in [9.17, 15) is 5.11 Å². The van der Waals surface area contributed by atoms with E-state index in [1.54, 1.807) is 0 Å². The third kappa shape index (κ3) is 1.50. The Balaban J connectivity index is 2.04. The lowest BCUT2D eigenvalue weighted by atomic mass is 9.76. The lowest BCUT2D eigenvalue weighted by Crippen LogP contribution is -2.52. The van der Waals surface area contributed by atoms with Crippen molar-refractivity contribution < 1.29 is 5.11 Å². The van der Waals surface area contributed by atoms with Crippen LogP contribution in [0.3, 0.4) is 0 Å². The largest absolute Gasteiger partial charge is 0.392 e. The van der Waals surface area contributed by atoms with Gasteiger partial charge in [0, 0.05) is 17.7 Å². The minimum atomic E-state index is -0.0495. The zero-order chi connectivity index (χ0) is 8.44. The summed E-state index contributed by atoms with van der Waals surface area (Å²) in [6.07, 6.45) is 3.39. The molecule has 1 spiro atoms. The van der Waals surface area contributed by atoms with Crippen LogP contribution in [0.15, 0.2) is 0 Å². The van der Waals surface area contributed by atoms with Crippen LogP contribution in [0.1, 0.15) is 19.3 Å². The van der Waals surface area contributed by atoms with Crippen LogP contribution in [0.25, 0.3) is 0 Å². The van der Waals surface area contributed by atoms with Gasteiger partial charge in [-0.3, -0.25) is 0 Å². The molecule has 2 fully saturated rings. The standard InChI is InChI=1S/C9H17NOS/c11-8-2-4-10-6-9(8)3-1-5-12-7-9/h8,10-11H,1-7H2. The Morgan fingerprint density at radius 3 is 3.08 bits per heavy atom. The third-order valence-corrected chi connectivity index (χ3v) is 4.49. The summed E-state index contributed by atoms with van der Waals surface area (Å²) in [7, 11) is 0. The molecule has 2 aliphatic rings. The fourth-order valence-corrected chi connectivity index (χ4v) is 3.61. The number of rotatable bonds is 0. The molecule has 2 rings (SSSR count). The van der Waals surface area contributed by atoms with E-state index in [1.807, 2.05) is 11.8 Å². The summed E-state index contributed by atoms with van der Waals surface area (Å²) in [5.41, 5.74) is 0.223. The van der Waals surface area contributed by atoms with Crippen LogP contribution < -0.4 is 5.32 Å². The summed E-state index contributed by atoms with van der Waals surface area (Å²) < 4.78 is 0. The highest BCUT2D eigenvalue weighted by molar-refractivity contribution is 7.99. The maximum absolute atomic E-state index is 9.93. The van der Waals surface area contributed by atoms with Crippen LogP contribution in [0.5, 0.6) is 0 Å². The van der Waals surface area contributed by atoms with Gasteiger partial charge in [-0.15, -0.1) is 0 Å². The van der Waals surface area contributed by atoms with Gasteiger partial charge in [-0.1, -0.05) is 0 Å². The number of aliphatic hydroxyl groups excluding tert-OH is 1. The van der Waals surface area contributed by atoms with Gasteiger partial charge < -0.3 is 10.4 Å². The second kappa shape index (κ2) is 3.56. The highest BCUT2D eigenvalue weighted by atomic mass is 32.2. The molecule has 2 aliphatic heterocycles. The highest BCUT2D eigenvalue weighted by Gasteiger charge is 2.40. The normalized spacial score (nSPS) is 43.2. The van der Waals surface area contributed by atoms with Crippen molar-refractivity contribution in [2.75, 3.05) is 24.6 Å². The maximum Gasteiger partial charge on any atom is 0.0628 e. The highest BCUT2D eigenvalue weighted by Crippen LogP contribution is 2.39. The van der Waals surface area contributed by atoms with E-state index >= 15 is 0 Å². The first-order valence-corrected chi connectivity index (χ1v) is 5.95. The Morgan fingerprint density at radius 1 is 1.50 bits per heavy atom. The fourth-order valence-electron chi connectivity index (χ4n) is 2.28. The summed E-state index contributed by atoms with van der Waals surface area (Å²) in [4.78, 5) is 0. The summed E-state index contributed by atoms with van der Waals surface area (Å²) in [6.45, 7) is 2.02. The second-order valence-corrected chi connectivity index (χ2v) is 5.10. The van der Waals surface area contributed by atoms with Crippen LogP contribution >= 0.6 is 11.8 Å². The Hall–Kier alpha value is 0.270. The molecule has 2 N–H and O–H groups in total. The monoisotopic (exact) mass is 187 g/mol. The fraction of sp³-hybridized carbons (Fsp3) is 1.00. The van der Waals surface area contributed by atoms with Crippen molar-refractivity contribution in [3.63, 3.8) is 0 Å². The quantitative estimate of drug-likeness (QED) is 0.590. The molecule has 0 aliphatic carbocycles. The van der Waals surface area contributed by atoms with E-state index in [-0.39, 0.29) is 11.5 Å². The van der Waals surface area contributed by atoms with Gasteiger partial charge in [-0.25, -0.2) is 0 Å². The van der Waals surface area contributed by atoms with Gasteiger partial charge in [0.05, 0.1) is 6.10 Å². The van der Waals surface area contributed by atoms with Gasteiger partial charge in [-0.05, 0) is 31.6 Å². The number of aliphatic hydroxyl groups is 1. The van der Waals surface area contributed by atoms with Crippen molar-refractivity contribution in [2.24, 2.45) is 5.41 Å². The number of nitrogens with one attached hydrogen (secondary N) is 1. The molecule has 0 radical (unpaired) electrons. The topological polar surface area (TPSA) is 32.3 Å². The van der Waals surface area contributed by atoms with E-state index in [0.29, 0.717) is 0 Å². The Bertz CT molecular complexity index is 148. The van der Waals surface area contributed by atoms with Crippen LogP contribution in [-0.4, -0.2) is 35.8 Å². The molecule has 2 saturated heterocycles. The van der Waals surface area contributed by atoms with Crippen molar-refractivity contribution in [1.82, 2.24) is 5.32 Å². The second-order valence-electron chi connectivity index (χ2n) is 4.00. The number of thioether (sulfide) groups is 1. The lowest BCUT2D eigenvalue weighted by Gasteiger charge is -2.44. The van der Waals surface area contributed by atoms with Gasteiger partial charge in [0.2, 0.25) is 0 Å². The maximum atomic E-state index is 9.93. The van der Waals surface area contributed by atoms with Crippen LogP contribution in [0.2, 0.25) is 0 Å². The summed E-state index contributed by atoms with van der Waals surface area (Å²) >= 11 is 2.00. The van der Waals surface area contributed by atoms with Crippen LogP contribution in [0.4, 0.5) is 0 Å². The van der Waals surface area contributed by atoms with Crippen molar-refractivity contribution in [3.05, 3.63) is 0 Å². The SMILES string of the molecule is OC1CCNCC12CCCSC2. The van der Waals surface area contributed by atoms with Gasteiger partial charge >= 0.3 is 0 Å². The molecule has 2 heterocycles. The first-order valence-electron chi connectivity index (χ1n) is 4.80. The number of hydrogen-bond donors (Lipinski definition) is 2. The van der Waals surface area contributed by atoms with Gasteiger partial charge in [0.15, 0.2) is 0 Å². The number of hydrogen-bond acceptors (Lipinski definition) is 3. The van der Waals surface area contributed by atoms with E-state index in [0.717, 1.165) is 25.3 Å². The average molecular weight is 187 g/mol. The molecule has 2 atom stereocenters. The Kier molecular flexibility index (Phi) is 2.63. The van der Waals surface area contributed by atoms with E-state index in [4.69, 9.17) is 0 Å². The summed E-state index contributed by atoms with van der Waals surface area (Å²) in [5, 5.41) is 13.3. The molecule has 12 heavy (non-hydrogen) atoms. The van der Waals surface area contributed by atoms with Crippen molar-refractivity contribution in [1.29, 1.82) is 0 Å². The van der Waals surface area contributed by atoms with Gasteiger partial charge in [0.25, 0.3) is 0 Å². The van der Waals surface area contributed by atoms with Crippen LogP contribution in [-0.2, 0) is 0 Å². The lowest BCUT2D eigenvalue weighted by molar-refractivity contribution is 0.00728. The molecule has 0 bridgehead atoms. The average Bonchev–Trinajstić information content (AvgIpc) is 2.12. The zero-order valence-corrected chi connectivity index (χ0v) is 8.20. The summed E-state index contributed by atoms with van der Waals surface area (Å²) in [5.74, 6) is 2.44. The first kappa shape index (κ1) is 8.85. The Labute approximate surface area is 78.1 Å². The molecule has 2 unspecified atom stereocenters. The number of piperidine rings is 1. The molecule has 0 aromatic rings. The van der Waals surface area contributed by atoms with E-state index in [2.05, 4.69) is 5.32 Å². The predicted octanol–water partition coefficient (Wildman–Crippen LogP) is 0.854. The zero-order valence-electron chi connectivity index (χ0n) is 7.38. The molecule has 0 saturated carbocycles. The van der Waals surface area contributed by atoms with Gasteiger partial charge in [0.1, 0.15) is 0 Å². The van der Waals surface area contributed by atoms with Gasteiger partial charge in [-0.2, -0.15) is 11.8 Å². The minimum Gasteiger partial charge on any atom is -0.392 e. The van der Waals surface area contributed by atoms with Crippen molar-refractivity contribution >= 4 is 11.8 Å². The molecule has 2 nitrogen and oxygen atoms in total. The van der Waals surface area contributed by atoms with E-state index < -0.39 is 0 Å². The molecule has 0 aromatic heterocycles. The first-order chi connectivity index (χ1) is 5.83. The van der Waals surface area contributed by atoms with Crippen LogP contribution in [0, 0.1) is 5.41 Å². The molecule has 0 aromatic carbocycles. The Morgan fingerprint density at radius 2 is 2.42 bits per heavy atom. The summed E-state index contributed by atoms with van der Waals surface area (Å²) in [6, 6.07) is 0.